The van der Waals surface area contributed by atoms with E-state index in [0.29, 0.717) is 18.8 Å². The zero-order valence-electron chi connectivity index (χ0n) is 17.2. The van der Waals surface area contributed by atoms with Crippen LogP contribution in [-0.2, 0) is 9.59 Å². The van der Waals surface area contributed by atoms with E-state index in [4.69, 9.17) is 5.73 Å². The average molecular weight is 423 g/mol. The first-order valence-corrected chi connectivity index (χ1v) is 10.8. The van der Waals surface area contributed by atoms with Gasteiger partial charge in [-0.2, -0.15) is 0 Å². The van der Waals surface area contributed by atoms with Gasteiger partial charge in [0.2, 0.25) is 11.8 Å². The van der Waals surface area contributed by atoms with Gasteiger partial charge in [0, 0.05) is 12.1 Å². The molecule has 0 aromatic heterocycles. The number of amides is 2. The molecule has 6 nitrogen and oxygen atoms in total. The average Bonchev–Trinajstić information content (AvgIpc) is 2.71. The number of rotatable bonds is 9. The first-order chi connectivity index (χ1) is 13.7. The van der Waals surface area contributed by atoms with Crippen LogP contribution in [0.2, 0.25) is 0 Å². The highest BCUT2D eigenvalue weighted by atomic mass is 35.5. The second kappa shape index (κ2) is 12.2. The quantitative estimate of drug-likeness (QED) is 0.420. The number of carbonyl (C=O) groups excluding carboxylic acids is 2. The van der Waals surface area contributed by atoms with Crippen molar-refractivity contribution in [3.63, 3.8) is 0 Å². The Bertz CT molecular complexity index is 645. The summed E-state index contributed by atoms with van der Waals surface area (Å²) >= 11 is 0. The molecule has 2 fully saturated rings. The van der Waals surface area contributed by atoms with Gasteiger partial charge in [0.1, 0.15) is 6.04 Å². The molecule has 1 unspecified atom stereocenters. The maximum Gasteiger partial charge on any atom is 0.249 e. The van der Waals surface area contributed by atoms with Crippen LogP contribution < -0.4 is 16.4 Å². The molecule has 29 heavy (non-hydrogen) atoms. The van der Waals surface area contributed by atoms with E-state index in [2.05, 4.69) is 39.8 Å². The van der Waals surface area contributed by atoms with Gasteiger partial charge in [0.05, 0.1) is 0 Å². The van der Waals surface area contributed by atoms with Crippen LogP contribution in [0.3, 0.4) is 0 Å². The van der Waals surface area contributed by atoms with Crippen molar-refractivity contribution >= 4 is 29.9 Å². The number of benzene rings is 1. The smallest absolute Gasteiger partial charge is 0.249 e. The molecule has 2 heterocycles. The number of nitrogens with zero attached hydrogens (tertiary/aromatic N) is 1. The number of unbranched alkanes of at least 4 members (excludes halogenated alkanes) is 3. The molecular weight excluding hydrogens is 388 g/mol. The first kappa shape index (κ1) is 23.6. The number of nitrogens with two attached hydrogens (primary N) is 1. The lowest BCUT2D eigenvalue weighted by Gasteiger charge is -2.32. The number of hydrogen-bond donors (Lipinski definition) is 3. The summed E-state index contributed by atoms with van der Waals surface area (Å²) in [4.78, 5) is 25.7. The summed E-state index contributed by atoms with van der Waals surface area (Å²) in [6.45, 7) is 4.38. The number of hydrogen-bond acceptors (Lipinski definition) is 5. The van der Waals surface area contributed by atoms with Crippen molar-refractivity contribution in [2.24, 2.45) is 5.73 Å². The molecule has 2 saturated heterocycles. The van der Waals surface area contributed by atoms with Crippen molar-refractivity contribution in [3.05, 3.63) is 29.8 Å². The Hall–Kier alpha value is -1.63. The molecule has 0 radical (unpaired) electrons. The van der Waals surface area contributed by atoms with Crippen molar-refractivity contribution in [2.45, 2.75) is 63.3 Å². The van der Waals surface area contributed by atoms with Crippen molar-refractivity contribution in [1.82, 2.24) is 10.2 Å². The molecule has 4 N–H and O–H groups in total. The molecule has 0 spiro atoms. The SMILES string of the molecule is Cl.NCCCCCCN1CCC(c2ccc(NC3CCC(=O)NC3=O)cc2)CC1. The minimum Gasteiger partial charge on any atom is -0.374 e. The third kappa shape index (κ3) is 7.28. The normalized spacial score (nSPS) is 20.8. The summed E-state index contributed by atoms with van der Waals surface area (Å²) in [6.07, 6.45) is 8.35. The van der Waals surface area contributed by atoms with E-state index in [9.17, 15) is 9.59 Å². The van der Waals surface area contributed by atoms with Gasteiger partial charge in [0.15, 0.2) is 0 Å². The van der Waals surface area contributed by atoms with Gasteiger partial charge in [-0.25, -0.2) is 0 Å². The van der Waals surface area contributed by atoms with Gasteiger partial charge in [0.25, 0.3) is 0 Å². The van der Waals surface area contributed by atoms with Gasteiger partial charge >= 0.3 is 0 Å². The van der Waals surface area contributed by atoms with Crippen LogP contribution in [0.15, 0.2) is 24.3 Å². The topological polar surface area (TPSA) is 87.5 Å². The largest absolute Gasteiger partial charge is 0.374 e. The van der Waals surface area contributed by atoms with Crippen LogP contribution in [0.1, 0.15) is 62.8 Å². The second-order valence-corrected chi connectivity index (χ2v) is 8.09. The number of nitrogens with one attached hydrogen (secondary N) is 2. The van der Waals surface area contributed by atoms with E-state index >= 15 is 0 Å². The predicted molar refractivity (Wildman–Crippen MR) is 119 cm³/mol. The van der Waals surface area contributed by atoms with Gasteiger partial charge in [-0.05, 0) is 81.9 Å². The molecule has 1 atom stereocenters. The molecule has 1 aromatic rings. The maximum absolute atomic E-state index is 11.9. The fourth-order valence-electron chi connectivity index (χ4n) is 4.21. The molecule has 0 aliphatic carbocycles. The third-order valence-electron chi connectivity index (χ3n) is 5.98. The number of anilines is 1. The Kier molecular flexibility index (Phi) is 9.91. The van der Waals surface area contributed by atoms with Gasteiger partial charge < -0.3 is 16.0 Å². The number of halogens is 1. The molecule has 2 amide bonds. The number of piperidine rings is 2. The first-order valence-electron chi connectivity index (χ1n) is 10.8. The molecule has 1 aromatic carbocycles. The third-order valence-corrected chi connectivity index (χ3v) is 5.98. The summed E-state index contributed by atoms with van der Waals surface area (Å²) < 4.78 is 0. The second-order valence-electron chi connectivity index (χ2n) is 8.09. The fraction of sp³-hybridized carbons (Fsp3) is 0.636. The van der Waals surface area contributed by atoms with E-state index in [1.54, 1.807) is 0 Å². The van der Waals surface area contributed by atoms with Gasteiger partial charge in [-0.1, -0.05) is 25.0 Å². The highest BCUT2D eigenvalue weighted by Gasteiger charge is 2.26. The Morgan fingerprint density at radius 1 is 1.00 bits per heavy atom. The molecule has 7 heteroatoms. The zero-order chi connectivity index (χ0) is 19.8. The summed E-state index contributed by atoms with van der Waals surface area (Å²) in [5.74, 6) is 0.217. The van der Waals surface area contributed by atoms with E-state index in [-0.39, 0.29) is 30.3 Å². The Labute approximate surface area is 180 Å². The van der Waals surface area contributed by atoms with Crippen LogP contribution in [-0.4, -0.2) is 48.9 Å². The number of likely N-dealkylation sites (tertiary alicyclic amines) is 1. The lowest BCUT2D eigenvalue weighted by molar-refractivity contribution is -0.133. The minimum absolute atomic E-state index is 0. The standard InChI is InChI=1S/C22H34N4O2.ClH/c23-13-3-1-2-4-14-26-15-11-18(12-16-26)17-5-7-19(8-6-17)24-20-9-10-21(27)25-22(20)28;/h5-8,18,20,24H,1-4,9-16,23H2,(H,25,27,28);1H. The Balaban J connectivity index is 0.00000300. The summed E-state index contributed by atoms with van der Waals surface area (Å²) in [5.41, 5.74) is 7.87. The van der Waals surface area contributed by atoms with Crippen molar-refractivity contribution in [2.75, 3.05) is 31.5 Å². The molecule has 3 rings (SSSR count). The van der Waals surface area contributed by atoms with E-state index < -0.39 is 0 Å². The number of imide groups is 1. The highest BCUT2D eigenvalue weighted by Crippen LogP contribution is 2.29. The predicted octanol–water partition coefficient (Wildman–Crippen LogP) is 3.02. The molecule has 162 valence electrons. The zero-order valence-corrected chi connectivity index (χ0v) is 18.0. The monoisotopic (exact) mass is 422 g/mol. The maximum atomic E-state index is 11.9. The molecular formula is C22H35ClN4O2. The molecule has 0 bridgehead atoms. The Morgan fingerprint density at radius 3 is 2.34 bits per heavy atom. The molecule has 2 aliphatic rings. The lowest BCUT2D eigenvalue weighted by Crippen LogP contribution is -2.47. The fourth-order valence-corrected chi connectivity index (χ4v) is 4.21. The van der Waals surface area contributed by atoms with Gasteiger partial charge in [-0.3, -0.25) is 14.9 Å². The van der Waals surface area contributed by atoms with Crippen molar-refractivity contribution < 1.29 is 9.59 Å². The molecule has 2 aliphatic heterocycles. The summed E-state index contributed by atoms with van der Waals surface area (Å²) in [7, 11) is 0. The van der Waals surface area contributed by atoms with Crippen LogP contribution in [0, 0.1) is 0 Å². The summed E-state index contributed by atoms with van der Waals surface area (Å²) in [6, 6.07) is 8.16. The van der Waals surface area contributed by atoms with E-state index in [1.807, 2.05) is 0 Å². The molecule has 0 saturated carbocycles. The van der Waals surface area contributed by atoms with Crippen LogP contribution in [0.4, 0.5) is 5.69 Å². The summed E-state index contributed by atoms with van der Waals surface area (Å²) in [5, 5.41) is 5.64. The van der Waals surface area contributed by atoms with Gasteiger partial charge in [-0.15, -0.1) is 12.4 Å². The van der Waals surface area contributed by atoms with Crippen molar-refractivity contribution in [1.29, 1.82) is 0 Å². The number of carbonyl (C=O) groups is 2. The van der Waals surface area contributed by atoms with Crippen LogP contribution in [0.25, 0.3) is 0 Å². The minimum atomic E-state index is -0.323. The van der Waals surface area contributed by atoms with Crippen LogP contribution >= 0.6 is 12.4 Å². The Morgan fingerprint density at radius 2 is 1.69 bits per heavy atom. The van der Waals surface area contributed by atoms with Crippen molar-refractivity contribution in [3.8, 4) is 0 Å². The highest BCUT2D eigenvalue weighted by molar-refractivity contribution is 6.01. The lowest BCUT2D eigenvalue weighted by atomic mass is 9.89. The van der Waals surface area contributed by atoms with E-state index in [1.165, 1.54) is 57.3 Å². The van der Waals surface area contributed by atoms with Crippen LogP contribution in [0.5, 0.6) is 0 Å². The van der Waals surface area contributed by atoms with E-state index in [0.717, 1.165) is 18.7 Å².